The third kappa shape index (κ3) is 1.76. The topological polar surface area (TPSA) is 55.4 Å². The minimum atomic E-state index is -0.573. The Kier molecular flexibility index (Phi) is 2.71. The molecule has 3 rings (SSSR count). The van der Waals surface area contributed by atoms with Crippen LogP contribution in [0.25, 0.3) is 10.8 Å². The molecular formula is C15H13NO3. The SMILES string of the molecule is CCCNc1ccc2c3c(cccc13)C(=O)OC2=O. The van der Waals surface area contributed by atoms with Crippen molar-refractivity contribution in [2.45, 2.75) is 13.3 Å². The summed E-state index contributed by atoms with van der Waals surface area (Å²) in [5.41, 5.74) is 1.84. The molecule has 0 saturated heterocycles. The van der Waals surface area contributed by atoms with E-state index in [4.69, 9.17) is 4.74 Å². The van der Waals surface area contributed by atoms with Gasteiger partial charge in [-0.2, -0.15) is 0 Å². The first-order valence-electron chi connectivity index (χ1n) is 6.28. The Bertz CT molecular complexity index is 671. The Labute approximate surface area is 110 Å². The van der Waals surface area contributed by atoms with Gasteiger partial charge in [0, 0.05) is 23.0 Å². The summed E-state index contributed by atoms with van der Waals surface area (Å²) in [4.78, 5) is 23.5. The molecule has 4 heteroatoms. The number of hydrogen-bond acceptors (Lipinski definition) is 4. The van der Waals surface area contributed by atoms with Gasteiger partial charge in [0.25, 0.3) is 0 Å². The smallest absolute Gasteiger partial charge is 0.346 e. The van der Waals surface area contributed by atoms with Crippen LogP contribution in [0.4, 0.5) is 5.69 Å². The van der Waals surface area contributed by atoms with Gasteiger partial charge in [0.05, 0.1) is 11.1 Å². The first-order valence-corrected chi connectivity index (χ1v) is 6.28. The summed E-state index contributed by atoms with van der Waals surface area (Å²) < 4.78 is 4.73. The van der Waals surface area contributed by atoms with Crippen LogP contribution in [0.2, 0.25) is 0 Å². The summed E-state index contributed by atoms with van der Waals surface area (Å²) >= 11 is 0. The van der Waals surface area contributed by atoms with Crippen LogP contribution < -0.4 is 5.32 Å². The molecule has 4 nitrogen and oxygen atoms in total. The molecule has 0 spiro atoms. The summed E-state index contributed by atoms with van der Waals surface area (Å²) in [6.45, 7) is 2.93. The summed E-state index contributed by atoms with van der Waals surface area (Å²) in [5, 5.41) is 4.87. The van der Waals surface area contributed by atoms with E-state index in [1.54, 1.807) is 18.2 Å². The van der Waals surface area contributed by atoms with E-state index in [0.29, 0.717) is 16.5 Å². The molecule has 0 radical (unpaired) electrons. The second-order valence-corrected chi connectivity index (χ2v) is 4.49. The molecule has 0 aliphatic carbocycles. The first kappa shape index (κ1) is 11.7. The molecule has 0 fully saturated rings. The van der Waals surface area contributed by atoms with Crippen LogP contribution in [0.15, 0.2) is 30.3 Å². The maximum atomic E-state index is 11.7. The number of rotatable bonds is 3. The molecule has 2 aromatic carbocycles. The second-order valence-electron chi connectivity index (χ2n) is 4.49. The fraction of sp³-hybridized carbons (Fsp3) is 0.200. The van der Waals surface area contributed by atoms with Crippen LogP contribution in [0, 0.1) is 0 Å². The number of carbonyl (C=O) groups is 2. The molecule has 0 bridgehead atoms. The predicted molar refractivity (Wildman–Crippen MR) is 72.5 cm³/mol. The van der Waals surface area contributed by atoms with Gasteiger partial charge >= 0.3 is 11.9 Å². The first-order chi connectivity index (χ1) is 9.22. The maximum absolute atomic E-state index is 11.7. The molecule has 0 amide bonds. The molecule has 2 aromatic rings. The van der Waals surface area contributed by atoms with E-state index in [0.717, 1.165) is 24.0 Å². The van der Waals surface area contributed by atoms with E-state index in [1.165, 1.54) is 0 Å². The standard InChI is InChI=1S/C15H13NO3/c1-2-8-16-12-7-6-11-13-9(12)4-3-5-10(13)14(17)19-15(11)18/h3-7,16H,2,8H2,1H3. The minimum absolute atomic E-state index is 0.451. The van der Waals surface area contributed by atoms with E-state index in [-0.39, 0.29) is 0 Å². The molecule has 96 valence electrons. The van der Waals surface area contributed by atoms with Crippen molar-refractivity contribution in [1.29, 1.82) is 0 Å². The van der Waals surface area contributed by atoms with Gasteiger partial charge in [-0.15, -0.1) is 0 Å². The van der Waals surface area contributed by atoms with Crippen molar-refractivity contribution in [3.8, 4) is 0 Å². The maximum Gasteiger partial charge on any atom is 0.346 e. The zero-order valence-electron chi connectivity index (χ0n) is 10.5. The van der Waals surface area contributed by atoms with Crippen molar-refractivity contribution in [2.24, 2.45) is 0 Å². The van der Waals surface area contributed by atoms with Crippen molar-refractivity contribution in [1.82, 2.24) is 0 Å². The van der Waals surface area contributed by atoms with Gasteiger partial charge < -0.3 is 10.1 Å². The van der Waals surface area contributed by atoms with E-state index >= 15 is 0 Å². The largest absolute Gasteiger partial charge is 0.386 e. The highest BCUT2D eigenvalue weighted by atomic mass is 16.6. The monoisotopic (exact) mass is 255 g/mol. The molecule has 1 N–H and O–H groups in total. The highest BCUT2D eigenvalue weighted by Crippen LogP contribution is 2.33. The average Bonchev–Trinajstić information content (AvgIpc) is 2.42. The van der Waals surface area contributed by atoms with Crippen LogP contribution in [-0.2, 0) is 4.74 Å². The molecule has 0 aromatic heterocycles. The van der Waals surface area contributed by atoms with E-state index < -0.39 is 11.9 Å². The highest BCUT2D eigenvalue weighted by molar-refractivity contribution is 6.22. The number of benzene rings is 2. The van der Waals surface area contributed by atoms with Crippen molar-refractivity contribution >= 4 is 28.4 Å². The van der Waals surface area contributed by atoms with Crippen molar-refractivity contribution in [3.05, 3.63) is 41.5 Å². The molecular weight excluding hydrogens is 242 g/mol. The lowest BCUT2D eigenvalue weighted by Crippen LogP contribution is -2.19. The number of anilines is 1. The number of esters is 2. The Hall–Kier alpha value is -2.36. The van der Waals surface area contributed by atoms with Gasteiger partial charge in [-0.1, -0.05) is 19.1 Å². The third-order valence-corrected chi connectivity index (χ3v) is 3.23. The summed E-state index contributed by atoms with van der Waals surface area (Å²) in [6, 6.07) is 8.96. The van der Waals surface area contributed by atoms with Crippen LogP contribution >= 0.6 is 0 Å². The van der Waals surface area contributed by atoms with Crippen molar-refractivity contribution < 1.29 is 14.3 Å². The van der Waals surface area contributed by atoms with Gasteiger partial charge in [-0.05, 0) is 24.6 Å². The summed E-state index contributed by atoms with van der Waals surface area (Å²) in [6.07, 6.45) is 1.00. The van der Waals surface area contributed by atoms with Crippen LogP contribution in [-0.4, -0.2) is 18.5 Å². The number of ether oxygens (including phenoxy) is 1. The Morgan fingerprint density at radius 3 is 2.53 bits per heavy atom. The van der Waals surface area contributed by atoms with Gasteiger partial charge in [-0.25, -0.2) is 9.59 Å². The van der Waals surface area contributed by atoms with Gasteiger partial charge in [0.15, 0.2) is 0 Å². The number of cyclic esters (lactones) is 2. The van der Waals surface area contributed by atoms with Crippen LogP contribution in [0.3, 0.4) is 0 Å². The number of hydrogen-bond donors (Lipinski definition) is 1. The summed E-state index contributed by atoms with van der Waals surface area (Å²) in [7, 11) is 0. The lowest BCUT2D eigenvalue weighted by atomic mass is 9.96. The second kappa shape index (κ2) is 4.39. The lowest BCUT2D eigenvalue weighted by molar-refractivity contribution is 0.0391. The Balaban J connectivity index is 2.29. The minimum Gasteiger partial charge on any atom is -0.386 e. The zero-order valence-corrected chi connectivity index (χ0v) is 10.5. The van der Waals surface area contributed by atoms with Gasteiger partial charge in [0.2, 0.25) is 0 Å². The van der Waals surface area contributed by atoms with E-state index in [2.05, 4.69) is 12.2 Å². The molecule has 0 atom stereocenters. The highest BCUT2D eigenvalue weighted by Gasteiger charge is 2.27. The Morgan fingerprint density at radius 1 is 1.05 bits per heavy atom. The molecule has 1 aliphatic rings. The normalized spacial score (nSPS) is 13.5. The Morgan fingerprint density at radius 2 is 1.79 bits per heavy atom. The number of carbonyl (C=O) groups excluding carboxylic acids is 2. The third-order valence-electron chi connectivity index (χ3n) is 3.23. The predicted octanol–water partition coefficient (Wildman–Crippen LogP) is 2.97. The van der Waals surface area contributed by atoms with Crippen LogP contribution in [0.5, 0.6) is 0 Å². The van der Waals surface area contributed by atoms with Crippen LogP contribution in [0.1, 0.15) is 34.1 Å². The lowest BCUT2D eigenvalue weighted by Gasteiger charge is -2.17. The van der Waals surface area contributed by atoms with Gasteiger partial charge in [0.1, 0.15) is 0 Å². The molecule has 1 aliphatic heterocycles. The fourth-order valence-corrected chi connectivity index (χ4v) is 2.35. The average molecular weight is 255 g/mol. The summed E-state index contributed by atoms with van der Waals surface area (Å²) in [5.74, 6) is -1.15. The molecule has 0 saturated carbocycles. The molecule has 0 unspecified atom stereocenters. The number of nitrogens with one attached hydrogen (secondary N) is 1. The van der Waals surface area contributed by atoms with Gasteiger partial charge in [-0.3, -0.25) is 0 Å². The quantitative estimate of drug-likeness (QED) is 0.676. The van der Waals surface area contributed by atoms with Crippen molar-refractivity contribution in [2.75, 3.05) is 11.9 Å². The van der Waals surface area contributed by atoms with Crippen molar-refractivity contribution in [3.63, 3.8) is 0 Å². The fourth-order valence-electron chi connectivity index (χ4n) is 2.35. The van der Waals surface area contributed by atoms with E-state index in [9.17, 15) is 9.59 Å². The molecule has 1 heterocycles. The van der Waals surface area contributed by atoms with E-state index in [1.807, 2.05) is 12.1 Å². The molecule has 19 heavy (non-hydrogen) atoms. The zero-order chi connectivity index (χ0) is 13.4.